The number of benzene rings is 2. The summed E-state index contributed by atoms with van der Waals surface area (Å²) in [6, 6.07) is 11.2. The van der Waals surface area contributed by atoms with Gasteiger partial charge in [-0.1, -0.05) is 35.5 Å². The van der Waals surface area contributed by atoms with Gasteiger partial charge in [0.1, 0.15) is 5.52 Å². The number of hydrogen-bond donors (Lipinski definition) is 1. The summed E-state index contributed by atoms with van der Waals surface area (Å²) in [7, 11) is 0. The predicted molar refractivity (Wildman–Crippen MR) is 80.2 cm³/mol. The van der Waals surface area contributed by atoms with Crippen molar-refractivity contribution in [2.24, 2.45) is 0 Å². The molecule has 24 heavy (non-hydrogen) atoms. The van der Waals surface area contributed by atoms with E-state index in [4.69, 9.17) is 0 Å². The zero-order valence-electron chi connectivity index (χ0n) is 12.2. The second kappa shape index (κ2) is 6.04. The van der Waals surface area contributed by atoms with Gasteiger partial charge in [-0.05, 0) is 23.8 Å². The van der Waals surface area contributed by atoms with Crippen LogP contribution in [-0.4, -0.2) is 20.1 Å². The Morgan fingerprint density at radius 2 is 1.75 bits per heavy atom. The number of aromatic nitrogens is 3. The molecule has 0 spiro atoms. The van der Waals surface area contributed by atoms with Crippen molar-refractivity contribution in [3.8, 4) is 0 Å². The molecule has 0 aliphatic heterocycles. The van der Waals surface area contributed by atoms with E-state index in [0.717, 1.165) is 10.7 Å². The number of hydrogen-bond acceptors (Lipinski definition) is 4. The molecule has 0 aliphatic carbocycles. The molecule has 5 nitrogen and oxygen atoms in total. The summed E-state index contributed by atoms with van der Waals surface area (Å²) >= 11 is 0. The second-order valence-electron chi connectivity index (χ2n) is 5.19. The van der Waals surface area contributed by atoms with Gasteiger partial charge in [-0.15, -0.1) is 5.10 Å². The van der Waals surface area contributed by atoms with Crippen molar-refractivity contribution in [2.45, 2.75) is 18.8 Å². The molecule has 0 aliphatic rings. The van der Waals surface area contributed by atoms with Gasteiger partial charge in [0, 0.05) is 0 Å². The summed E-state index contributed by atoms with van der Waals surface area (Å²) in [6.45, 7) is -0.427. The molecule has 1 heterocycles. The van der Waals surface area contributed by atoms with Crippen molar-refractivity contribution < 1.29 is 18.3 Å². The van der Waals surface area contributed by atoms with E-state index in [1.54, 1.807) is 24.3 Å². The molecule has 124 valence electrons. The number of alkyl halides is 3. The summed E-state index contributed by atoms with van der Waals surface area (Å²) in [5.41, 5.74) is -1.40. The molecular formula is C16H12F3N3O2. The van der Waals surface area contributed by atoms with E-state index in [1.165, 1.54) is 18.2 Å². The van der Waals surface area contributed by atoms with E-state index >= 15 is 0 Å². The van der Waals surface area contributed by atoms with E-state index in [9.17, 15) is 23.1 Å². The van der Waals surface area contributed by atoms with Gasteiger partial charge >= 0.3 is 6.18 Å². The lowest BCUT2D eigenvalue weighted by atomic mass is 10.0. The first-order chi connectivity index (χ1) is 11.4. The van der Waals surface area contributed by atoms with Gasteiger partial charge in [-0.3, -0.25) is 4.79 Å². The molecule has 1 unspecified atom stereocenters. The first kappa shape index (κ1) is 16.1. The van der Waals surface area contributed by atoms with E-state index < -0.39 is 29.9 Å². The minimum Gasteiger partial charge on any atom is -0.386 e. The maximum Gasteiger partial charge on any atom is 0.416 e. The fourth-order valence-corrected chi connectivity index (χ4v) is 2.45. The monoisotopic (exact) mass is 335 g/mol. The van der Waals surface area contributed by atoms with Crippen LogP contribution in [0.4, 0.5) is 13.2 Å². The summed E-state index contributed by atoms with van der Waals surface area (Å²) in [6.07, 6.45) is -6.14. The largest absolute Gasteiger partial charge is 0.416 e. The fourth-order valence-electron chi connectivity index (χ4n) is 2.45. The lowest BCUT2D eigenvalue weighted by Gasteiger charge is -2.17. The highest BCUT2D eigenvalue weighted by atomic mass is 19.4. The molecule has 8 heteroatoms. The average molecular weight is 335 g/mol. The van der Waals surface area contributed by atoms with E-state index in [-0.39, 0.29) is 10.9 Å². The van der Waals surface area contributed by atoms with Gasteiger partial charge in [0.15, 0.2) is 0 Å². The lowest BCUT2D eigenvalue weighted by molar-refractivity contribution is -0.139. The number of halogens is 3. The zero-order chi connectivity index (χ0) is 17.3. The maximum absolute atomic E-state index is 13.0. The molecule has 1 aromatic heterocycles. The van der Waals surface area contributed by atoms with Crippen LogP contribution in [0.2, 0.25) is 0 Å². The van der Waals surface area contributed by atoms with E-state index in [1.807, 2.05) is 0 Å². The van der Waals surface area contributed by atoms with Crippen LogP contribution in [0.25, 0.3) is 10.9 Å². The molecule has 1 N–H and O–H groups in total. The van der Waals surface area contributed by atoms with Crippen LogP contribution in [0.5, 0.6) is 0 Å². The van der Waals surface area contributed by atoms with Crippen LogP contribution in [0.1, 0.15) is 17.2 Å². The van der Waals surface area contributed by atoms with Gasteiger partial charge < -0.3 is 5.11 Å². The Morgan fingerprint density at radius 3 is 2.50 bits per heavy atom. The molecule has 0 fully saturated rings. The Hall–Kier alpha value is -2.74. The normalized spacial score (nSPS) is 13.2. The number of rotatable bonds is 3. The zero-order valence-corrected chi connectivity index (χ0v) is 12.2. The van der Waals surface area contributed by atoms with Crippen molar-refractivity contribution in [2.75, 3.05) is 0 Å². The molecular weight excluding hydrogens is 323 g/mol. The number of fused-ring (bicyclic) bond motifs is 1. The third-order valence-corrected chi connectivity index (χ3v) is 3.60. The van der Waals surface area contributed by atoms with Gasteiger partial charge in [0.05, 0.1) is 23.6 Å². The van der Waals surface area contributed by atoms with E-state index in [2.05, 4.69) is 10.3 Å². The summed E-state index contributed by atoms with van der Waals surface area (Å²) < 4.78 is 39.9. The standard InChI is InChI=1S/C16H12F3N3O2/c17-16(18,19)12-7-3-1-5-10(12)14(23)9-22-15(24)11-6-2-4-8-13(11)20-21-22/h1-8,14,23H,9H2. The first-order valence-corrected chi connectivity index (χ1v) is 7.04. The van der Waals surface area contributed by atoms with Gasteiger partial charge in [0.2, 0.25) is 0 Å². The molecule has 3 aromatic rings. The topological polar surface area (TPSA) is 68.0 Å². The highest BCUT2D eigenvalue weighted by Crippen LogP contribution is 2.34. The van der Waals surface area contributed by atoms with Crippen molar-refractivity contribution >= 4 is 10.9 Å². The van der Waals surface area contributed by atoms with Crippen molar-refractivity contribution in [1.82, 2.24) is 15.0 Å². The summed E-state index contributed by atoms with van der Waals surface area (Å²) in [5, 5.41) is 18.0. The van der Waals surface area contributed by atoms with Crippen LogP contribution in [-0.2, 0) is 12.7 Å². The average Bonchev–Trinajstić information content (AvgIpc) is 2.57. The lowest BCUT2D eigenvalue weighted by Crippen LogP contribution is -2.27. The molecule has 3 rings (SSSR count). The van der Waals surface area contributed by atoms with Crippen LogP contribution < -0.4 is 5.56 Å². The highest BCUT2D eigenvalue weighted by molar-refractivity contribution is 5.76. The van der Waals surface area contributed by atoms with Gasteiger partial charge in [-0.2, -0.15) is 13.2 Å². The molecule has 0 bridgehead atoms. The number of aliphatic hydroxyl groups is 1. The van der Waals surface area contributed by atoms with Crippen LogP contribution >= 0.6 is 0 Å². The third-order valence-electron chi connectivity index (χ3n) is 3.60. The first-order valence-electron chi connectivity index (χ1n) is 7.04. The Bertz CT molecular complexity index is 937. The predicted octanol–water partition coefficient (Wildman–Crippen LogP) is 2.54. The molecule has 0 amide bonds. The third kappa shape index (κ3) is 3.00. The highest BCUT2D eigenvalue weighted by Gasteiger charge is 2.34. The quantitative estimate of drug-likeness (QED) is 0.799. The van der Waals surface area contributed by atoms with Crippen molar-refractivity contribution in [1.29, 1.82) is 0 Å². The smallest absolute Gasteiger partial charge is 0.386 e. The molecule has 1 atom stereocenters. The van der Waals surface area contributed by atoms with Gasteiger partial charge in [-0.25, -0.2) is 4.68 Å². The molecule has 2 aromatic carbocycles. The second-order valence-corrected chi connectivity index (χ2v) is 5.19. The Balaban J connectivity index is 1.98. The SMILES string of the molecule is O=c1c2ccccc2nnn1CC(O)c1ccccc1C(F)(F)F. The Labute approximate surface area is 134 Å². The van der Waals surface area contributed by atoms with Crippen LogP contribution in [0.15, 0.2) is 53.3 Å². The molecule has 0 saturated heterocycles. The minimum absolute atomic E-state index is 0.281. The molecule has 0 radical (unpaired) electrons. The van der Waals surface area contributed by atoms with Gasteiger partial charge in [0.25, 0.3) is 5.56 Å². The maximum atomic E-state index is 13.0. The Morgan fingerprint density at radius 1 is 1.08 bits per heavy atom. The van der Waals surface area contributed by atoms with Crippen molar-refractivity contribution in [3.05, 3.63) is 70.0 Å². The summed E-state index contributed by atoms with van der Waals surface area (Å²) in [4.78, 5) is 12.3. The summed E-state index contributed by atoms with van der Waals surface area (Å²) in [5.74, 6) is 0. The van der Waals surface area contributed by atoms with E-state index in [0.29, 0.717) is 5.52 Å². The minimum atomic E-state index is -4.60. The van der Waals surface area contributed by atoms with Crippen LogP contribution in [0, 0.1) is 0 Å². The Kier molecular flexibility index (Phi) is 4.06. The number of nitrogens with zero attached hydrogens (tertiary/aromatic N) is 3. The fraction of sp³-hybridized carbons (Fsp3) is 0.188. The molecule has 0 saturated carbocycles. The van der Waals surface area contributed by atoms with Crippen LogP contribution in [0.3, 0.4) is 0 Å². The number of aliphatic hydroxyl groups excluding tert-OH is 1. The van der Waals surface area contributed by atoms with Crippen molar-refractivity contribution in [3.63, 3.8) is 0 Å².